The Morgan fingerprint density at radius 1 is 1.29 bits per heavy atom. The Morgan fingerprint density at radius 3 is 2.14 bits per heavy atom. The minimum Gasteiger partial charge on any atom is -0.504 e. The summed E-state index contributed by atoms with van der Waals surface area (Å²) in [7, 11) is 1.39. The molecule has 0 heterocycles. The molecule has 0 aliphatic rings. The smallest absolute Gasteiger partial charge is 0.202 e. The number of benzene rings is 1. The number of anilines is 1. The minimum atomic E-state index is -0.0709. The molecule has 0 aliphatic carbocycles. The molecule has 0 aromatic heterocycles. The van der Waals surface area contributed by atoms with Gasteiger partial charge in [0.05, 0.1) is 7.11 Å². The van der Waals surface area contributed by atoms with Crippen LogP contribution in [0.25, 0.3) is 0 Å². The largest absolute Gasteiger partial charge is 0.504 e. The van der Waals surface area contributed by atoms with Gasteiger partial charge in [-0.05, 0) is 6.92 Å². The lowest BCUT2D eigenvalue weighted by Crippen LogP contribution is -1.96. The molecule has 0 atom stereocenters. The van der Waals surface area contributed by atoms with E-state index in [1.54, 1.807) is 0 Å². The fourth-order valence-corrected chi connectivity index (χ4v) is 1.11. The number of nitrogens with one attached hydrogen (secondary N) is 1. The average Bonchev–Trinajstić information content (AvgIpc) is 2.04. The van der Waals surface area contributed by atoms with Crippen molar-refractivity contribution in [1.29, 1.82) is 0 Å². The molecular weight excluding hydrogens is 206 g/mol. The number of phenolic OH excluding ortho intramolecular Hbond substituents is 2. The molecule has 80 valence electrons. The van der Waals surface area contributed by atoms with E-state index in [0.717, 1.165) is 6.54 Å². The van der Waals surface area contributed by atoms with Crippen molar-refractivity contribution in [2.45, 2.75) is 6.92 Å². The van der Waals surface area contributed by atoms with Crippen molar-refractivity contribution < 1.29 is 14.9 Å². The topological polar surface area (TPSA) is 61.7 Å². The summed E-state index contributed by atoms with van der Waals surface area (Å²) in [5.41, 5.74) is 0.665. The normalized spacial score (nSPS) is 9.00. The monoisotopic (exact) mass is 219 g/mol. The zero-order chi connectivity index (χ0) is 9.84. The Bertz CT molecular complexity index is 281. The van der Waals surface area contributed by atoms with Crippen LogP contribution in [0.3, 0.4) is 0 Å². The third-order valence-corrected chi connectivity index (χ3v) is 1.63. The quantitative estimate of drug-likeness (QED) is 0.727. The molecule has 0 radical (unpaired) electrons. The van der Waals surface area contributed by atoms with E-state index in [9.17, 15) is 10.2 Å². The van der Waals surface area contributed by atoms with Gasteiger partial charge in [-0.3, -0.25) is 0 Å². The first-order valence-electron chi connectivity index (χ1n) is 4.02. The van der Waals surface area contributed by atoms with Crippen LogP contribution in [0.1, 0.15) is 6.92 Å². The van der Waals surface area contributed by atoms with Gasteiger partial charge in [0.2, 0.25) is 5.75 Å². The van der Waals surface area contributed by atoms with Crippen molar-refractivity contribution >= 4 is 18.1 Å². The zero-order valence-electron chi connectivity index (χ0n) is 8.07. The van der Waals surface area contributed by atoms with Crippen LogP contribution in [0.2, 0.25) is 0 Å². The molecule has 0 spiro atoms. The van der Waals surface area contributed by atoms with Gasteiger partial charge in [0.15, 0.2) is 11.5 Å². The van der Waals surface area contributed by atoms with Crippen molar-refractivity contribution in [2.75, 3.05) is 19.0 Å². The molecule has 1 aromatic rings. The van der Waals surface area contributed by atoms with Crippen molar-refractivity contribution in [2.24, 2.45) is 0 Å². The predicted molar refractivity (Wildman–Crippen MR) is 57.7 cm³/mol. The lowest BCUT2D eigenvalue weighted by molar-refractivity contribution is 0.345. The Balaban J connectivity index is 0.00000169. The first-order chi connectivity index (χ1) is 6.19. The fraction of sp³-hybridized carbons (Fsp3) is 0.333. The lowest BCUT2D eigenvalue weighted by atomic mass is 10.2. The van der Waals surface area contributed by atoms with E-state index in [4.69, 9.17) is 4.74 Å². The fourth-order valence-electron chi connectivity index (χ4n) is 1.11. The summed E-state index contributed by atoms with van der Waals surface area (Å²) in [6.07, 6.45) is 0. The van der Waals surface area contributed by atoms with E-state index >= 15 is 0 Å². The van der Waals surface area contributed by atoms with Crippen LogP contribution in [0, 0.1) is 0 Å². The second kappa shape index (κ2) is 5.44. The molecule has 0 fully saturated rings. The maximum absolute atomic E-state index is 9.37. The molecular formula is C9H14ClNO3. The Morgan fingerprint density at radius 2 is 1.79 bits per heavy atom. The molecule has 0 amide bonds. The summed E-state index contributed by atoms with van der Waals surface area (Å²) in [6.45, 7) is 2.66. The number of methoxy groups -OCH3 is 1. The van der Waals surface area contributed by atoms with Crippen LogP contribution >= 0.6 is 12.4 Å². The Kier molecular flexibility index (Phi) is 4.94. The summed E-state index contributed by atoms with van der Waals surface area (Å²) >= 11 is 0. The van der Waals surface area contributed by atoms with E-state index in [1.807, 2.05) is 6.92 Å². The van der Waals surface area contributed by atoms with Crippen molar-refractivity contribution in [1.82, 2.24) is 0 Å². The van der Waals surface area contributed by atoms with Gasteiger partial charge in [0.1, 0.15) is 0 Å². The summed E-state index contributed by atoms with van der Waals surface area (Å²) in [5, 5.41) is 21.7. The highest BCUT2D eigenvalue weighted by Crippen LogP contribution is 2.38. The van der Waals surface area contributed by atoms with Crippen LogP contribution in [0.4, 0.5) is 5.69 Å². The molecule has 0 unspecified atom stereocenters. The highest BCUT2D eigenvalue weighted by atomic mass is 35.5. The molecule has 0 aliphatic heterocycles. The summed E-state index contributed by atoms with van der Waals surface area (Å²) < 4.78 is 4.78. The van der Waals surface area contributed by atoms with Crippen LogP contribution in [-0.2, 0) is 0 Å². The highest BCUT2D eigenvalue weighted by molar-refractivity contribution is 5.85. The van der Waals surface area contributed by atoms with E-state index in [2.05, 4.69) is 5.32 Å². The predicted octanol–water partition coefficient (Wildman–Crippen LogP) is 1.96. The van der Waals surface area contributed by atoms with Gasteiger partial charge >= 0.3 is 0 Å². The van der Waals surface area contributed by atoms with E-state index in [1.165, 1.54) is 19.2 Å². The molecule has 1 rings (SSSR count). The first kappa shape index (κ1) is 12.7. The Labute approximate surface area is 88.9 Å². The van der Waals surface area contributed by atoms with Crippen LogP contribution in [-0.4, -0.2) is 23.9 Å². The van der Waals surface area contributed by atoms with Gasteiger partial charge in [-0.25, -0.2) is 0 Å². The van der Waals surface area contributed by atoms with Crippen molar-refractivity contribution in [3.63, 3.8) is 0 Å². The van der Waals surface area contributed by atoms with E-state index in [-0.39, 0.29) is 29.7 Å². The minimum absolute atomic E-state index is 0. The van der Waals surface area contributed by atoms with Crippen LogP contribution in [0.5, 0.6) is 17.2 Å². The molecule has 1 aromatic carbocycles. The van der Waals surface area contributed by atoms with Crippen LogP contribution < -0.4 is 10.1 Å². The number of aromatic hydroxyl groups is 2. The van der Waals surface area contributed by atoms with Crippen molar-refractivity contribution in [3.8, 4) is 17.2 Å². The number of phenols is 2. The molecule has 4 nitrogen and oxygen atoms in total. The summed E-state index contributed by atoms with van der Waals surface area (Å²) in [4.78, 5) is 0. The second-order valence-electron chi connectivity index (χ2n) is 2.58. The summed E-state index contributed by atoms with van der Waals surface area (Å²) in [6, 6.07) is 3.00. The summed E-state index contributed by atoms with van der Waals surface area (Å²) in [5.74, 6) is -0.0430. The number of rotatable bonds is 3. The third kappa shape index (κ3) is 2.60. The van der Waals surface area contributed by atoms with Gasteiger partial charge in [0, 0.05) is 24.4 Å². The Hall–Kier alpha value is -1.29. The molecule has 0 saturated heterocycles. The zero-order valence-corrected chi connectivity index (χ0v) is 8.89. The number of halogens is 1. The standard InChI is InChI=1S/C9H13NO3.ClH/c1-3-10-6-4-7(11)9(13-2)8(12)5-6;/h4-5,10-12H,3H2,1-2H3;1H. The SMILES string of the molecule is CCNc1cc(O)c(OC)c(O)c1.Cl. The molecule has 0 bridgehead atoms. The number of ether oxygens (including phenoxy) is 1. The second-order valence-corrected chi connectivity index (χ2v) is 2.58. The third-order valence-electron chi connectivity index (χ3n) is 1.63. The number of hydrogen-bond donors (Lipinski definition) is 3. The van der Waals surface area contributed by atoms with Crippen molar-refractivity contribution in [3.05, 3.63) is 12.1 Å². The maximum Gasteiger partial charge on any atom is 0.202 e. The average molecular weight is 220 g/mol. The molecule has 5 heteroatoms. The molecule has 14 heavy (non-hydrogen) atoms. The van der Waals surface area contributed by atoms with E-state index < -0.39 is 0 Å². The number of hydrogen-bond acceptors (Lipinski definition) is 4. The first-order valence-corrected chi connectivity index (χ1v) is 4.02. The van der Waals surface area contributed by atoms with Gasteiger partial charge in [-0.2, -0.15) is 0 Å². The van der Waals surface area contributed by atoms with Gasteiger partial charge in [0.25, 0.3) is 0 Å². The van der Waals surface area contributed by atoms with E-state index in [0.29, 0.717) is 5.69 Å². The highest BCUT2D eigenvalue weighted by Gasteiger charge is 2.08. The maximum atomic E-state index is 9.37. The molecule has 0 saturated carbocycles. The lowest BCUT2D eigenvalue weighted by Gasteiger charge is -2.09. The van der Waals surface area contributed by atoms with Gasteiger partial charge in [-0.15, -0.1) is 12.4 Å². The van der Waals surface area contributed by atoms with Crippen LogP contribution in [0.15, 0.2) is 12.1 Å². The van der Waals surface area contributed by atoms with Gasteiger partial charge < -0.3 is 20.3 Å². The van der Waals surface area contributed by atoms with Gasteiger partial charge in [-0.1, -0.05) is 0 Å². The molecule has 3 N–H and O–H groups in total.